The SMILES string of the molecule is CCOC(=O)N1c2cc(C)c(C)cc2C(C(=O)c2cc(C(F)(F)F)cc(C(F)(F)F)c2)C[C@H]1CC. The molecule has 2 aromatic rings. The summed E-state index contributed by atoms with van der Waals surface area (Å²) in [4.78, 5) is 27.7. The van der Waals surface area contributed by atoms with E-state index in [1.54, 1.807) is 39.8 Å². The number of ketones is 1. The lowest BCUT2D eigenvalue weighted by molar-refractivity contribution is -0.143. The number of alkyl halides is 6. The van der Waals surface area contributed by atoms with E-state index in [9.17, 15) is 35.9 Å². The summed E-state index contributed by atoms with van der Waals surface area (Å²) in [6, 6.07) is 3.72. The third-order valence-electron chi connectivity index (χ3n) is 6.28. The molecule has 0 saturated carbocycles. The normalized spacial score (nSPS) is 18.3. The number of carbonyl (C=O) groups excluding carboxylic acids is 2. The molecule has 0 spiro atoms. The predicted molar refractivity (Wildman–Crippen MR) is 118 cm³/mol. The molecule has 0 saturated heterocycles. The largest absolute Gasteiger partial charge is 0.449 e. The lowest BCUT2D eigenvalue weighted by Gasteiger charge is -2.40. The zero-order valence-electron chi connectivity index (χ0n) is 19.6. The second-order valence-corrected chi connectivity index (χ2v) is 8.57. The van der Waals surface area contributed by atoms with Crippen molar-refractivity contribution in [1.29, 1.82) is 0 Å². The van der Waals surface area contributed by atoms with Gasteiger partial charge < -0.3 is 4.74 Å². The Labute approximate surface area is 198 Å². The molecule has 2 atom stereocenters. The Bertz CT molecular complexity index is 1110. The quantitative estimate of drug-likeness (QED) is 0.323. The van der Waals surface area contributed by atoms with Crippen molar-refractivity contribution in [2.45, 2.75) is 64.8 Å². The van der Waals surface area contributed by atoms with Crippen molar-refractivity contribution < 1.29 is 40.7 Å². The zero-order valence-corrected chi connectivity index (χ0v) is 19.6. The fourth-order valence-electron chi connectivity index (χ4n) is 4.35. The van der Waals surface area contributed by atoms with Gasteiger partial charge in [0.1, 0.15) is 0 Å². The number of ether oxygens (including phenoxy) is 1. The number of hydrogen-bond donors (Lipinski definition) is 0. The number of benzene rings is 2. The van der Waals surface area contributed by atoms with Crippen LogP contribution in [-0.4, -0.2) is 24.5 Å². The van der Waals surface area contributed by atoms with E-state index >= 15 is 0 Å². The number of rotatable bonds is 4. The van der Waals surface area contributed by atoms with E-state index in [-0.39, 0.29) is 19.1 Å². The molecule has 10 heteroatoms. The number of aryl methyl sites for hydroxylation is 2. The molecular formula is C25H25F6NO3. The Balaban J connectivity index is 2.19. The zero-order chi connectivity index (χ0) is 26.3. The highest BCUT2D eigenvalue weighted by Crippen LogP contribution is 2.44. The molecule has 190 valence electrons. The molecule has 0 N–H and O–H groups in total. The number of nitrogens with zero attached hydrogens (tertiary/aromatic N) is 1. The van der Waals surface area contributed by atoms with Crippen LogP contribution in [0.1, 0.15) is 70.8 Å². The Hall–Kier alpha value is -3.04. The topological polar surface area (TPSA) is 46.6 Å². The number of Topliss-reactive ketones (excluding diaryl/α,β-unsaturated/α-hetero) is 1. The third kappa shape index (κ3) is 5.31. The van der Waals surface area contributed by atoms with Crippen molar-refractivity contribution >= 4 is 17.6 Å². The van der Waals surface area contributed by atoms with Gasteiger partial charge in [0.2, 0.25) is 0 Å². The van der Waals surface area contributed by atoms with Gasteiger partial charge in [-0.3, -0.25) is 9.69 Å². The van der Waals surface area contributed by atoms with Gasteiger partial charge in [0.25, 0.3) is 0 Å². The highest BCUT2D eigenvalue weighted by molar-refractivity contribution is 6.04. The van der Waals surface area contributed by atoms with Gasteiger partial charge in [0.05, 0.1) is 29.3 Å². The summed E-state index contributed by atoms with van der Waals surface area (Å²) >= 11 is 0. The van der Waals surface area contributed by atoms with Crippen molar-refractivity contribution in [3.63, 3.8) is 0 Å². The number of halogens is 6. The highest BCUT2D eigenvalue weighted by Gasteiger charge is 2.42. The lowest BCUT2D eigenvalue weighted by atomic mass is 9.78. The molecule has 0 aromatic heterocycles. The maximum atomic E-state index is 13.5. The molecule has 0 aliphatic carbocycles. The second-order valence-electron chi connectivity index (χ2n) is 8.57. The number of carbonyl (C=O) groups is 2. The van der Waals surface area contributed by atoms with Crippen LogP contribution in [0.5, 0.6) is 0 Å². The average molecular weight is 501 g/mol. The summed E-state index contributed by atoms with van der Waals surface area (Å²) in [5, 5.41) is 0. The maximum Gasteiger partial charge on any atom is 0.416 e. The van der Waals surface area contributed by atoms with Crippen LogP contribution in [0.4, 0.5) is 36.8 Å². The molecule has 0 bridgehead atoms. The second kappa shape index (κ2) is 9.54. The van der Waals surface area contributed by atoms with Crippen LogP contribution in [0.15, 0.2) is 30.3 Å². The number of hydrogen-bond acceptors (Lipinski definition) is 3. The molecule has 1 aliphatic heterocycles. The molecule has 0 radical (unpaired) electrons. The van der Waals surface area contributed by atoms with E-state index < -0.39 is 52.9 Å². The summed E-state index contributed by atoms with van der Waals surface area (Å²) < 4.78 is 85.4. The Morgan fingerprint density at radius 2 is 1.46 bits per heavy atom. The van der Waals surface area contributed by atoms with Crippen molar-refractivity contribution in [2.24, 2.45) is 0 Å². The van der Waals surface area contributed by atoms with Crippen LogP contribution >= 0.6 is 0 Å². The molecule has 35 heavy (non-hydrogen) atoms. The van der Waals surface area contributed by atoms with Gasteiger partial charge in [-0.1, -0.05) is 13.0 Å². The van der Waals surface area contributed by atoms with Crippen molar-refractivity contribution in [3.05, 3.63) is 63.7 Å². The Kier molecular flexibility index (Phi) is 7.24. The standard InChI is InChI=1S/C25H25F6NO3/c1-5-18-12-20(19-7-13(3)14(4)8-21(19)32(18)23(34)35-6-2)22(33)15-9-16(24(26,27)28)11-17(10-15)25(29,30)31/h7-11,18,20H,5-6,12H2,1-4H3/t18-,20?/m1/s1. The molecule has 4 nitrogen and oxygen atoms in total. The molecule has 1 aliphatic rings. The van der Waals surface area contributed by atoms with Gasteiger partial charge in [-0.2, -0.15) is 26.3 Å². The Morgan fingerprint density at radius 1 is 0.914 bits per heavy atom. The number of amides is 1. The van der Waals surface area contributed by atoms with Gasteiger partial charge in [-0.15, -0.1) is 0 Å². The van der Waals surface area contributed by atoms with E-state index in [0.29, 0.717) is 29.8 Å². The first kappa shape index (κ1) is 26.6. The van der Waals surface area contributed by atoms with Gasteiger partial charge in [-0.25, -0.2) is 4.79 Å². The minimum absolute atomic E-state index is 0.00353. The fourth-order valence-corrected chi connectivity index (χ4v) is 4.35. The fraction of sp³-hybridized carbons (Fsp3) is 0.440. The molecule has 2 aromatic carbocycles. The molecule has 1 amide bonds. The van der Waals surface area contributed by atoms with Crippen molar-refractivity contribution in [2.75, 3.05) is 11.5 Å². The molecule has 3 rings (SSSR count). The van der Waals surface area contributed by atoms with Crippen LogP contribution in [0.25, 0.3) is 0 Å². The van der Waals surface area contributed by atoms with Crippen LogP contribution in [0, 0.1) is 13.8 Å². The monoisotopic (exact) mass is 501 g/mol. The van der Waals surface area contributed by atoms with Crippen molar-refractivity contribution in [1.82, 2.24) is 0 Å². The molecule has 1 unspecified atom stereocenters. The highest BCUT2D eigenvalue weighted by atomic mass is 19.4. The van der Waals surface area contributed by atoms with Crippen LogP contribution in [-0.2, 0) is 17.1 Å². The average Bonchev–Trinajstić information content (AvgIpc) is 2.77. The first-order chi connectivity index (χ1) is 16.2. The molecular weight excluding hydrogens is 476 g/mol. The summed E-state index contributed by atoms with van der Waals surface area (Å²) in [6.45, 7) is 7.09. The Morgan fingerprint density at radius 3 is 1.94 bits per heavy atom. The first-order valence-corrected chi connectivity index (χ1v) is 11.1. The van der Waals surface area contributed by atoms with E-state index in [2.05, 4.69) is 0 Å². The number of anilines is 1. The minimum Gasteiger partial charge on any atom is -0.449 e. The van der Waals surface area contributed by atoms with E-state index in [1.165, 1.54) is 4.90 Å². The van der Waals surface area contributed by atoms with E-state index in [0.717, 1.165) is 11.1 Å². The van der Waals surface area contributed by atoms with E-state index in [4.69, 9.17) is 4.74 Å². The molecule has 0 fully saturated rings. The third-order valence-corrected chi connectivity index (χ3v) is 6.28. The van der Waals surface area contributed by atoms with Gasteiger partial charge >= 0.3 is 18.4 Å². The minimum atomic E-state index is -5.07. The lowest BCUT2D eigenvalue weighted by Crippen LogP contribution is -2.46. The predicted octanol–water partition coefficient (Wildman–Crippen LogP) is 7.45. The van der Waals surface area contributed by atoms with Crippen LogP contribution in [0.3, 0.4) is 0 Å². The van der Waals surface area contributed by atoms with Crippen LogP contribution in [0.2, 0.25) is 0 Å². The smallest absolute Gasteiger partial charge is 0.416 e. The summed E-state index contributed by atoms with van der Waals surface area (Å²) in [5.74, 6) is -1.91. The summed E-state index contributed by atoms with van der Waals surface area (Å²) in [7, 11) is 0. The first-order valence-electron chi connectivity index (χ1n) is 11.1. The summed E-state index contributed by atoms with van der Waals surface area (Å²) in [5.41, 5.74) is -1.48. The maximum absolute atomic E-state index is 13.5. The van der Waals surface area contributed by atoms with Crippen molar-refractivity contribution in [3.8, 4) is 0 Å². The molecule has 1 heterocycles. The van der Waals surface area contributed by atoms with E-state index in [1.807, 2.05) is 0 Å². The summed E-state index contributed by atoms with van der Waals surface area (Å²) in [6.07, 6.45) is -10.3. The van der Waals surface area contributed by atoms with Gasteiger partial charge in [0, 0.05) is 11.6 Å². The van der Waals surface area contributed by atoms with Gasteiger partial charge in [0.15, 0.2) is 5.78 Å². The van der Waals surface area contributed by atoms with Crippen LogP contribution < -0.4 is 4.90 Å². The van der Waals surface area contributed by atoms with Gasteiger partial charge in [-0.05, 0) is 74.6 Å². The number of fused-ring (bicyclic) bond motifs is 1.